The molecule has 29 heavy (non-hydrogen) atoms. The van der Waals surface area contributed by atoms with Crippen LogP contribution in [0.5, 0.6) is 11.5 Å². The Morgan fingerprint density at radius 1 is 1.14 bits per heavy atom. The second-order valence-corrected chi connectivity index (χ2v) is 8.55. The molecular weight excluding hydrogens is 439 g/mol. The van der Waals surface area contributed by atoms with E-state index in [1.807, 2.05) is 32.9 Å². The SMILES string of the molecule is COc1cc(CNCCc2ccccc2F)c(Br)cc1OCC(=O)NC(C)(C)C. The van der Waals surface area contributed by atoms with Gasteiger partial charge in [-0.1, -0.05) is 34.1 Å². The largest absolute Gasteiger partial charge is 0.493 e. The predicted molar refractivity (Wildman–Crippen MR) is 116 cm³/mol. The van der Waals surface area contributed by atoms with E-state index in [1.54, 1.807) is 25.3 Å². The van der Waals surface area contributed by atoms with Crippen molar-refractivity contribution in [2.75, 3.05) is 20.3 Å². The molecule has 2 rings (SSSR count). The fourth-order valence-electron chi connectivity index (χ4n) is 2.73. The molecule has 0 unspecified atom stereocenters. The van der Waals surface area contributed by atoms with Gasteiger partial charge in [0, 0.05) is 16.6 Å². The van der Waals surface area contributed by atoms with E-state index in [-0.39, 0.29) is 23.9 Å². The third-order valence-electron chi connectivity index (χ3n) is 4.05. The van der Waals surface area contributed by atoms with E-state index in [0.717, 1.165) is 10.0 Å². The van der Waals surface area contributed by atoms with Crippen LogP contribution in [-0.2, 0) is 17.8 Å². The Balaban J connectivity index is 1.93. The van der Waals surface area contributed by atoms with Crippen molar-refractivity contribution in [1.82, 2.24) is 10.6 Å². The fourth-order valence-corrected chi connectivity index (χ4v) is 3.19. The standard InChI is InChI=1S/C22H28BrFN2O3/c1-22(2,3)26-21(27)14-29-20-12-17(23)16(11-19(20)28-4)13-25-10-9-15-7-5-6-8-18(15)24/h5-8,11-12,25H,9-10,13-14H2,1-4H3,(H,26,27). The van der Waals surface area contributed by atoms with E-state index in [4.69, 9.17) is 9.47 Å². The summed E-state index contributed by atoms with van der Waals surface area (Å²) < 4.78 is 25.6. The third-order valence-corrected chi connectivity index (χ3v) is 4.79. The maximum atomic E-state index is 13.7. The van der Waals surface area contributed by atoms with Gasteiger partial charge < -0.3 is 20.1 Å². The summed E-state index contributed by atoms with van der Waals surface area (Å²) in [6.45, 7) is 6.86. The smallest absolute Gasteiger partial charge is 0.258 e. The summed E-state index contributed by atoms with van der Waals surface area (Å²) in [5.41, 5.74) is 1.35. The number of rotatable bonds is 9. The molecule has 0 saturated heterocycles. The van der Waals surface area contributed by atoms with Gasteiger partial charge in [-0.15, -0.1) is 0 Å². The lowest BCUT2D eigenvalue weighted by Gasteiger charge is -2.21. The van der Waals surface area contributed by atoms with Crippen LogP contribution in [0.1, 0.15) is 31.9 Å². The van der Waals surface area contributed by atoms with Gasteiger partial charge in [0.2, 0.25) is 0 Å². The van der Waals surface area contributed by atoms with Crippen LogP contribution in [0.25, 0.3) is 0 Å². The highest BCUT2D eigenvalue weighted by Gasteiger charge is 2.16. The summed E-state index contributed by atoms with van der Waals surface area (Å²) in [5.74, 6) is 0.643. The molecule has 2 aromatic carbocycles. The fraction of sp³-hybridized carbons (Fsp3) is 0.409. The number of halogens is 2. The van der Waals surface area contributed by atoms with Crippen molar-refractivity contribution in [3.05, 3.63) is 57.8 Å². The Hall–Kier alpha value is -2.12. The minimum Gasteiger partial charge on any atom is -0.493 e. The van der Waals surface area contributed by atoms with E-state index < -0.39 is 0 Å². The van der Waals surface area contributed by atoms with Gasteiger partial charge in [-0.25, -0.2) is 4.39 Å². The zero-order chi connectivity index (χ0) is 21.4. The highest BCUT2D eigenvalue weighted by atomic mass is 79.9. The molecule has 0 fully saturated rings. The molecule has 0 heterocycles. The van der Waals surface area contributed by atoms with E-state index in [9.17, 15) is 9.18 Å². The lowest BCUT2D eigenvalue weighted by atomic mass is 10.1. The van der Waals surface area contributed by atoms with Crippen LogP contribution in [0.4, 0.5) is 4.39 Å². The molecule has 0 spiro atoms. The van der Waals surface area contributed by atoms with Crippen LogP contribution in [0.15, 0.2) is 40.9 Å². The number of nitrogens with one attached hydrogen (secondary N) is 2. The maximum absolute atomic E-state index is 13.7. The van der Waals surface area contributed by atoms with Gasteiger partial charge in [0.1, 0.15) is 5.82 Å². The zero-order valence-electron chi connectivity index (χ0n) is 17.3. The molecule has 0 bridgehead atoms. The second kappa shape index (κ2) is 10.6. The molecule has 0 atom stereocenters. The first-order chi connectivity index (χ1) is 13.7. The first-order valence-electron chi connectivity index (χ1n) is 9.44. The lowest BCUT2D eigenvalue weighted by Crippen LogP contribution is -2.43. The van der Waals surface area contributed by atoms with Crippen molar-refractivity contribution < 1.29 is 18.7 Å². The number of carbonyl (C=O) groups is 1. The number of carbonyl (C=O) groups excluding carboxylic acids is 1. The van der Waals surface area contributed by atoms with Gasteiger partial charge in [-0.3, -0.25) is 4.79 Å². The molecule has 158 valence electrons. The molecule has 7 heteroatoms. The molecule has 5 nitrogen and oxygen atoms in total. The van der Waals surface area contributed by atoms with Gasteiger partial charge in [0.25, 0.3) is 5.91 Å². The molecule has 2 N–H and O–H groups in total. The average Bonchev–Trinajstić information content (AvgIpc) is 2.64. The number of benzene rings is 2. The van der Waals surface area contributed by atoms with Crippen LogP contribution in [-0.4, -0.2) is 31.7 Å². The minimum atomic E-state index is -0.316. The summed E-state index contributed by atoms with van der Waals surface area (Å²) in [6.07, 6.45) is 0.603. The summed E-state index contributed by atoms with van der Waals surface area (Å²) in [6, 6.07) is 10.4. The zero-order valence-corrected chi connectivity index (χ0v) is 18.9. The van der Waals surface area contributed by atoms with Gasteiger partial charge >= 0.3 is 0 Å². The van der Waals surface area contributed by atoms with Gasteiger partial charge in [0.15, 0.2) is 18.1 Å². The van der Waals surface area contributed by atoms with Crippen LogP contribution < -0.4 is 20.1 Å². The van der Waals surface area contributed by atoms with E-state index in [1.165, 1.54) is 6.07 Å². The molecule has 0 saturated carbocycles. The quantitative estimate of drug-likeness (QED) is 0.543. The van der Waals surface area contributed by atoms with Crippen LogP contribution in [0.3, 0.4) is 0 Å². The first kappa shape index (κ1) is 23.2. The molecule has 2 aromatic rings. The van der Waals surface area contributed by atoms with E-state index in [2.05, 4.69) is 26.6 Å². The van der Waals surface area contributed by atoms with Crippen molar-refractivity contribution in [2.45, 2.75) is 39.3 Å². The van der Waals surface area contributed by atoms with Crippen LogP contribution >= 0.6 is 15.9 Å². The van der Waals surface area contributed by atoms with Gasteiger partial charge in [-0.05, 0) is 63.1 Å². The molecular formula is C22H28BrFN2O3. The normalized spacial score (nSPS) is 11.2. The Morgan fingerprint density at radius 2 is 1.86 bits per heavy atom. The molecule has 0 aliphatic heterocycles. The topological polar surface area (TPSA) is 59.6 Å². The number of ether oxygens (including phenoxy) is 2. The van der Waals surface area contributed by atoms with Crippen molar-refractivity contribution >= 4 is 21.8 Å². The van der Waals surface area contributed by atoms with Gasteiger partial charge in [0.05, 0.1) is 7.11 Å². The third kappa shape index (κ3) is 7.66. The number of hydrogen-bond acceptors (Lipinski definition) is 4. The number of hydrogen-bond donors (Lipinski definition) is 2. The summed E-state index contributed by atoms with van der Waals surface area (Å²) >= 11 is 3.54. The molecule has 0 aromatic heterocycles. The van der Waals surface area contributed by atoms with Crippen molar-refractivity contribution in [2.24, 2.45) is 0 Å². The van der Waals surface area contributed by atoms with E-state index in [0.29, 0.717) is 36.6 Å². The van der Waals surface area contributed by atoms with Crippen molar-refractivity contribution in [3.63, 3.8) is 0 Å². The highest BCUT2D eigenvalue weighted by molar-refractivity contribution is 9.10. The Kier molecular flexibility index (Phi) is 8.46. The van der Waals surface area contributed by atoms with E-state index >= 15 is 0 Å². The second-order valence-electron chi connectivity index (χ2n) is 7.70. The maximum Gasteiger partial charge on any atom is 0.258 e. The summed E-state index contributed by atoms with van der Waals surface area (Å²) in [7, 11) is 1.56. The predicted octanol–water partition coefficient (Wildman–Crippen LogP) is 4.22. The molecule has 0 aliphatic rings. The monoisotopic (exact) mass is 466 g/mol. The Labute approximate surface area is 180 Å². The summed E-state index contributed by atoms with van der Waals surface area (Å²) in [4.78, 5) is 12.0. The first-order valence-corrected chi connectivity index (χ1v) is 10.2. The highest BCUT2D eigenvalue weighted by Crippen LogP contribution is 2.33. The number of amides is 1. The summed E-state index contributed by atoms with van der Waals surface area (Å²) in [5, 5.41) is 6.16. The Morgan fingerprint density at radius 3 is 2.52 bits per heavy atom. The minimum absolute atomic E-state index is 0.0969. The van der Waals surface area contributed by atoms with Gasteiger partial charge in [-0.2, -0.15) is 0 Å². The van der Waals surface area contributed by atoms with Crippen LogP contribution in [0, 0.1) is 5.82 Å². The van der Waals surface area contributed by atoms with Crippen molar-refractivity contribution in [3.8, 4) is 11.5 Å². The Bertz CT molecular complexity index is 837. The van der Waals surface area contributed by atoms with Crippen molar-refractivity contribution in [1.29, 1.82) is 0 Å². The molecule has 0 radical (unpaired) electrons. The molecule has 0 aliphatic carbocycles. The average molecular weight is 467 g/mol. The molecule has 1 amide bonds. The lowest BCUT2D eigenvalue weighted by molar-refractivity contribution is -0.124. The number of methoxy groups -OCH3 is 1. The van der Waals surface area contributed by atoms with Crippen LogP contribution in [0.2, 0.25) is 0 Å².